The summed E-state index contributed by atoms with van der Waals surface area (Å²) < 4.78 is 0. The molecule has 1 heterocycles. The SMILES string of the molecule is CCCCN1C(=O)/C(=N\NC(=O)c2ccccc2)c2ccccc21. The van der Waals surface area contributed by atoms with Gasteiger partial charge in [-0.1, -0.05) is 49.7 Å². The van der Waals surface area contributed by atoms with Crippen LogP contribution in [-0.4, -0.2) is 24.1 Å². The van der Waals surface area contributed by atoms with Crippen LogP contribution in [0.2, 0.25) is 0 Å². The van der Waals surface area contributed by atoms with E-state index in [9.17, 15) is 9.59 Å². The van der Waals surface area contributed by atoms with Crippen molar-refractivity contribution in [2.75, 3.05) is 11.4 Å². The quantitative estimate of drug-likeness (QED) is 0.861. The van der Waals surface area contributed by atoms with Crippen molar-refractivity contribution in [3.05, 3.63) is 65.7 Å². The number of hydrogen-bond donors (Lipinski definition) is 1. The molecule has 0 radical (unpaired) electrons. The van der Waals surface area contributed by atoms with Crippen molar-refractivity contribution in [2.45, 2.75) is 19.8 Å². The molecule has 0 unspecified atom stereocenters. The van der Waals surface area contributed by atoms with Gasteiger partial charge in [-0.2, -0.15) is 5.10 Å². The van der Waals surface area contributed by atoms with E-state index in [0.29, 0.717) is 12.1 Å². The smallest absolute Gasteiger partial charge is 0.279 e. The molecule has 2 aromatic rings. The standard InChI is InChI=1S/C19H19N3O2/c1-2-3-13-22-16-12-8-7-11-15(16)17(19(22)24)20-21-18(23)14-9-5-4-6-10-14/h4-12H,2-3,13H2,1H3,(H,21,23)/b20-17-. The summed E-state index contributed by atoms with van der Waals surface area (Å²) in [4.78, 5) is 26.5. The van der Waals surface area contributed by atoms with Crippen LogP contribution in [0.1, 0.15) is 35.7 Å². The van der Waals surface area contributed by atoms with Crippen LogP contribution in [0.15, 0.2) is 59.7 Å². The number of carbonyl (C=O) groups is 2. The van der Waals surface area contributed by atoms with E-state index in [2.05, 4.69) is 17.5 Å². The number of benzene rings is 2. The second-order valence-electron chi connectivity index (χ2n) is 5.59. The number of para-hydroxylation sites is 1. The van der Waals surface area contributed by atoms with Crippen LogP contribution < -0.4 is 10.3 Å². The number of nitrogens with one attached hydrogen (secondary N) is 1. The van der Waals surface area contributed by atoms with Gasteiger partial charge < -0.3 is 4.90 Å². The molecule has 0 saturated carbocycles. The average Bonchev–Trinajstić information content (AvgIpc) is 2.90. The Morgan fingerprint density at radius 2 is 1.79 bits per heavy atom. The van der Waals surface area contributed by atoms with E-state index in [4.69, 9.17) is 0 Å². The first kappa shape index (κ1) is 15.9. The zero-order valence-electron chi connectivity index (χ0n) is 13.5. The van der Waals surface area contributed by atoms with Crippen LogP contribution >= 0.6 is 0 Å². The number of hydrogen-bond acceptors (Lipinski definition) is 3. The van der Waals surface area contributed by atoms with Crippen LogP contribution in [0.5, 0.6) is 0 Å². The molecule has 5 nitrogen and oxygen atoms in total. The highest BCUT2D eigenvalue weighted by atomic mass is 16.2. The number of amides is 2. The molecule has 0 spiro atoms. The summed E-state index contributed by atoms with van der Waals surface area (Å²) in [6.45, 7) is 2.74. The van der Waals surface area contributed by atoms with E-state index < -0.39 is 0 Å². The summed E-state index contributed by atoms with van der Waals surface area (Å²) in [5.41, 5.74) is 4.88. The number of anilines is 1. The Morgan fingerprint density at radius 1 is 1.08 bits per heavy atom. The predicted octanol–water partition coefficient (Wildman–Crippen LogP) is 2.97. The summed E-state index contributed by atoms with van der Waals surface area (Å²) >= 11 is 0. The average molecular weight is 321 g/mol. The van der Waals surface area contributed by atoms with Crippen LogP contribution in [0.3, 0.4) is 0 Å². The predicted molar refractivity (Wildman–Crippen MR) is 94.1 cm³/mol. The van der Waals surface area contributed by atoms with Gasteiger partial charge in [0, 0.05) is 17.7 Å². The van der Waals surface area contributed by atoms with Crippen LogP contribution in [0, 0.1) is 0 Å². The van der Waals surface area contributed by atoms with Crippen molar-refractivity contribution >= 4 is 23.2 Å². The van der Waals surface area contributed by atoms with Gasteiger partial charge in [-0.05, 0) is 24.6 Å². The van der Waals surface area contributed by atoms with E-state index in [1.165, 1.54) is 0 Å². The maximum Gasteiger partial charge on any atom is 0.279 e. The monoisotopic (exact) mass is 321 g/mol. The second-order valence-corrected chi connectivity index (χ2v) is 5.59. The highest BCUT2D eigenvalue weighted by Crippen LogP contribution is 2.29. The topological polar surface area (TPSA) is 61.8 Å². The Hall–Kier alpha value is -2.95. The second kappa shape index (κ2) is 7.08. The minimum absolute atomic E-state index is 0.169. The molecule has 0 aliphatic carbocycles. The molecule has 122 valence electrons. The van der Waals surface area contributed by atoms with Gasteiger partial charge in [-0.3, -0.25) is 9.59 Å². The number of nitrogens with zero attached hydrogens (tertiary/aromatic N) is 2. The first-order valence-electron chi connectivity index (χ1n) is 8.06. The molecule has 1 N–H and O–H groups in total. The van der Waals surface area contributed by atoms with Gasteiger partial charge in [0.25, 0.3) is 11.8 Å². The van der Waals surface area contributed by atoms with E-state index in [1.54, 1.807) is 29.2 Å². The lowest BCUT2D eigenvalue weighted by molar-refractivity contribution is -0.112. The molecule has 0 atom stereocenters. The van der Waals surface area contributed by atoms with Crippen molar-refractivity contribution in [1.82, 2.24) is 5.43 Å². The molecular formula is C19H19N3O2. The molecule has 0 bridgehead atoms. The minimum atomic E-state index is -0.333. The van der Waals surface area contributed by atoms with E-state index in [-0.39, 0.29) is 17.5 Å². The van der Waals surface area contributed by atoms with E-state index in [1.807, 2.05) is 30.3 Å². The van der Waals surface area contributed by atoms with E-state index >= 15 is 0 Å². The van der Waals surface area contributed by atoms with Gasteiger partial charge in [0.2, 0.25) is 0 Å². The molecule has 3 rings (SSSR count). The van der Waals surface area contributed by atoms with Crippen molar-refractivity contribution in [3.8, 4) is 0 Å². The number of hydrazone groups is 1. The Bertz CT molecular complexity index is 784. The molecule has 2 aromatic carbocycles. The molecule has 5 heteroatoms. The first-order valence-corrected chi connectivity index (χ1v) is 8.06. The van der Waals surface area contributed by atoms with Crippen molar-refractivity contribution in [3.63, 3.8) is 0 Å². The number of fused-ring (bicyclic) bond motifs is 1. The lowest BCUT2D eigenvalue weighted by Gasteiger charge is -2.15. The molecule has 24 heavy (non-hydrogen) atoms. The fourth-order valence-corrected chi connectivity index (χ4v) is 2.67. The Kier molecular flexibility index (Phi) is 4.70. The Balaban J connectivity index is 1.85. The van der Waals surface area contributed by atoms with Gasteiger partial charge in [0.15, 0.2) is 5.71 Å². The zero-order valence-corrected chi connectivity index (χ0v) is 13.5. The van der Waals surface area contributed by atoms with Gasteiger partial charge in [-0.15, -0.1) is 0 Å². The molecular weight excluding hydrogens is 302 g/mol. The lowest BCUT2D eigenvalue weighted by Crippen LogP contribution is -2.32. The van der Waals surface area contributed by atoms with Crippen molar-refractivity contribution in [1.29, 1.82) is 0 Å². The van der Waals surface area contributed by atoms with Gasteiger partial charge in [-0.25, -0.2) is 5.43 Å². The summed E-state index contributed by atoms with van der Waals surface area (Å²) in [6.07, 6.45) is 1.92. The number of unbranched alkanes of at least 4 members (excludes halogenated alkanes) is 1. The fourth-order valence-electron chi connectivity index (χ4n) is 2.67. The minimum Gasteiger partial charge on any atom is -0.306 e. The van der Waals surface area contributed by atoms with Gasteiger partial charge in [0.05, 0.1) is 5.69 Å². The van der Waals surface area contributed by atoms with E-state index in [0.717, 1.165) is 24.1 Å². The van der Waals surface area contributed by atoms with Crippen LogP contribution in [0.25, 0.3) is 0 Å². The maximum absolute atomic E-state index is 12.7. The Labute approximate surface area is 141 Å². The molecule has 1 aliphatic heterocycles. The highest BCUT2D eigenvalue weighted by molar-refractivity contribution is 6.54. The number of carbonyl (C=O) groups excluding carboxylic acids is 2. The normalized spacial score (nSPS) is 14.8. The summed E-state index contributed by atoms with van der Waals surface area (Å²) in [5, 5.41) is 4.11. The van der Waals surface area contributed by atoms with Gasteiger partial charge >= 0.3 is 0 Å². The fraction of sp³-hybridized carbons (Fsp3) is 0.211. The van der Waals surface area contributed by atoms with Crippen LogP contribution in [0.4, 0.5) is 5.69 Å². The molecule has 2 amide bonds. The van der Waals surface area contributed by atoms with Crippen molar-refractivity contribution < 1.29 is 9.59 Å². The highest BCUT2D eigenvalue weighted by Gasteiger charge is 2.33. The molecule has 1 aliphatic rings. The third-order valence-electron chi connectivity index (χ3n) is 3.94. The number of rotatable bonds is 5. The summed E-state index contributed by atoms with van der Waals surface area (Å²) in [5.74, 6) is -0.501. The summed E-state index contributed by atoms with van der Waals surface area (Å²) in [6, 6.07) is 16.3. The Morgan fingerprint density at radius 3 is 2.54 bits per heavy atom. The third kappa shape index (κ3) is 3.06. The first-order chi connectivity index (χ1) is 11.7. The third-order valence-corrected chi connectivity index (χ3v) is 3.94. The maximum atomic E-state index is 12.7. The molecule has 0 fully saturated rings. The largest absolute Gasteiger partial charge is 0.306 e. The lowest BCUT2D eigenvalue weighted by atomic mass is 10.1. The van der Waals surface area contributed by atoms with Gasteiger partial charge in [0.1, 0.15) is 0 Å². The molecule has 0 aromatic heterocycles. The van der Waals surface area contributed by atoms with Crippen LogP contribution in [-0.2, 0) is 4.79 Å². The zero-order chi connectivity index (χ0) is 16.9. The summed E-state index contributed by atoms with van der Waals surface area (Å²) in [7, 11) is 0. The van der Waals surface area contributed by atoms with Crippen molar-refractivity contribution in [2.24, 2.45) is 5.10 Å². The molecule has 0 saturated heterocycles.